The van der Waals surface area contributed by atoms with Crippen molar-refractivity contribution < 1.29 is 23.4 Å². The van der Waals surface area contributed by atoms with Crippen molar-refractivity contribution in [3.8, 4) is 16.9 Å². The van der Waals surface area contributed by atoms with Gasteiger partial charge in [0.05, 0.1) is 11.7 Å². The van der Waals surface area contributed by atoms with E-state index in [9.17, 15) is 9.59 Å². The summed E-state index contributed by atoms with van der Waals surface area (Å²) < 4.78 is 23.4. The molecule has 1 amide bonds. The van der Waals surface area contributed by atoms with Crippen LogP contribution in [0.1, 0.15) is 42.6 Å². The lowest BCUT2D eigenvalue weighted by Crippen LogP contribution is -2.49. The fourth-order valence-electron chi connectivity index (χ4n) is 4.89. The van der Waals surface area contributed by atoms with Crippen LogP contribution in [0, 0.1) is 6.92 Å². The highest BCUT2D eigenvalue weighted by molar-refractivity contribution is 6.05. The van der Waals surface area contributed by atoms with Crippen LogP contribution in [-0.2, 0) is 9.47 Å². The smallest absolute Gasteiger partial charge is 0.360 e. The minimum Gasteiger partial charge on any atom is -0.465 e. The van der Waals surface area contributed by atoms with Crippen molar-refractivity contribution in [2.45, 2.75) is 51.6 Å². The molecule has 7 nitrogen and oxygen atoms in total. The topological polar surface area (TPSA) is 87.0 Å². The zero-order chi connectivity index (χ0) is 26.9. The largest absolute Gasteiger partial charge is 0.465 e. The molecule has 1 aliphatic rings. The highest BCUT2D eigenvalue weighted by atomic mass is 16.7. The van der Waals surface area contributed by atoms with E-state index >= 15 is 0 Å². The average molecular weight is 514 g/mol. The highest BCUT2D eigenvalue weighted by Gasteiger charge is 2.39. The fourth-order valence-corrected chi connectivity index (χ4v) is 4.89. The molecule has 2 unspecified atom stereocenters. The number of aryl methyl sites for hydroxylation is 1. The molecule has 1 aromatic heterocycles. The summed E-state index contributed by atoms with van der Waals surface area (Å²) in [7, 11) is 1.69. The Kier molecular flexibility index (Phi) is 7.06. The minimum absolute atomic E-state index is 0.00602. The van der Waals surface area contributed by atoms with E-state index in [-0.39, 0.29) is 17.7 Å². The van der Waals surface area contributed by atoms with Gasteiger partial charge in [-0.1, -0.05) is 42.5 Å². The van der Waals surface area contributed by atoms with E-state index in [1.165, 1.54) is 0 Å². The Morgan fingerprint density at radius 2 is 1.68 bits per heavy atom. The second-order valence-electron chi connectivity index (χ2n) is 10.0. The lowest BCUT2D eigenvalue weighted by Gasteiger charge is -2.41. The fraction of sp³-hybridized carbons (Fsp3) is 0.290. The van der Waals surface area contributed by atoms with Gasteiger partial charge in [0.15, 0.2) is 0 Å². The first kappa shape index (κ1) is 25.7. The van der Waals surface area contributed by atoms with Gasteiger partial charge in [-0.05, 0) is 68.7 Å². The van der Waals surface area contributed by atoms with E-state index < -0.39 is 17.5 Å². The van der Waals surface area contributed by atoms with Crippen molar-refractivity contribution in [1.82, 2.24) is 0 Å². The summed E-state index contributed by atoms with van der Waals surface area (Å²) in [5, 5.41) is 3.36. The molecule has 0 spiro atoms. The molecule has 0 radical (unpaired) electrons. The number of amides is 1. The van der Waals surface area contributed by atoms with E-state index in [0.29, 0.717) is 34.3 Å². The summed E-state index contributed by atoms with van der Waals surface area (Å²) in [6, 6.07) is 22.4. The Morgan fingerprint density at radius 3 is 2.37 bits per heavy atom. The normalized spacial score (nSPS) is 18.7. The molecule has 7 heteroatoms. The van der Waals surface area contributed by atoms with E-state index in [0.717, 1.165) is 17.5 Å². The maximum Gasteiger partial charge on any atom is 0.360 e. The van der Waals surface area contributed by atoms with Gasteiger partial charge in [0, 0.05) is 30.0 Å². The molecule has 3 aromatic carbocycles. The third kappa shape index (κ3) is 5.21. The molecule has 5 rings (SSSR count). The number of ether oxygens (including phenoxy) is 3. The van der Waals surface area contributed by atoms with Crippen molar-refractivity contribution in [3.05, 3.63) is 94.3 Å². The summed E-state index contributed by atoms with van der Waals surface area (Å²) in [5.41, 5.74) is 2.55. The van der Waals surface area contributed by atoms with Crippen LogP contribution in [0.3, 0.4) is 0 Å². The summed E-state index contributed by atoms with van der Waals surface area (Å²) in [4.78, 5) is 25.6. The van der Waals surface area contributed by atoms with Crippen molar-refractivity contribution >= 4 is 22.6 Å². The van der Waals surface area contributed by atoms with Gasteiger partial charge in [-0.3, -0.25) is 4.79 Å². The summed E-state index contributed by atoms with van der Waals surface area (Å²) >= 11 is 0. The number of nitrogens with one attached hydrogen (secondary N) is 1. The number of anilines is 1. The van der Waals surface area contributed by atoms with Crippen LogP contribution in [0.25, 0.3) is 22.1 Å². The third-order valence-corrected chi connectivity index (χ3v) is 7.02. The van der Waals surface area contributed by atoms with Crippen LogP contribution >= 0.6 is 0 Å². The molecule has 0 aliphatic carbocycles. The molecule has 2 heterocycles. The molecule has 1 saturated heterocycles. The van der Waals surface area contributed by atoms with Gasteiger partial charge >= 0.3 is 5.63 Å². The van der Waals surface area contributed by atoms with Gasteiger partial charge in [-0.15, -0.1) is 0 Å². The van der Waals surface area contributed by atoms with Crippen molar-refractivity contribution in [1.29, 1.82) is 0 Å². The molecule has 1 fully saturated rings. The summed E-state index contributed by atoms with van der Waals surface area (Å²) in [5.74, 6) is 0.187. The predicted molar refractivity (Wildman–Crippen MR) is 147 cm³/mol. The van der Waals surface area contributed by atoms with Crippen LogP contribution in [0.5, 0.6) is 5.75 Å². The summed E-state index contributed by atoms with van der Waals surface area (Å²) in [6.07, 6.45) is 1.05. The van der Waals surface area contributed by atoms with Gasteiger partial charge in [0.1, 0.15) is 17.0 Å². The van der Waals surface area contributed by atoms with E-state index in [1.807, 2.05) is 69.3 Å². The molecule has 0 saturated carbocycles. The minimum atomic E-state index is -0.634. The van der Waals surface area contributed by atoms with Crippen molar-refractivity contribution in [3.63, 3.8) is 0 Å². The number of hydrogen-bond acceptors (Lipinski definition) is 6. The Bertz CT molecular complexity index is 1510. The van der Waals surface area contributed by atoms with Gasteiger partial charge in [0.2, 0.25) is 6.29 Å². The van der Waals surface area contributed by atoms with Gasteiger partial charge in [-0.2, -0.15) is 0 Å². The van der Waals surface area contributed by atoms with Crippen molar-refractivity contribution in [2.24, 2.45) is 0 Å². The molecule has 1 N–H and O–H groups in total. The molecule has 2 atom stereocenters. The predicted octanol–water partition coefficient (Wildman–Crippen LogP) is 6.33. The number of fused-ring (bicyclic) bond motifs is 1. The quantitative estimate of drug-likeness (QED) is 0.303. The number of carbonyl (C=O) groups is 1. The van der Waals surface area contributed by atoms with E-state index in [4.69, 9.17) is 18.6 Å². The number of rotatable bonds is 6. The molecule has 1 aliphatic heterocycles. The zero-order valence-electron chi connectivity index (χ0n) is 21.9. The maximum atomic E-state index is 12.9. The molecular weight excluding hydrogens is 482 g/mol. The zero-order valence-corrected chi connectivity index (χ0v) is 21.9. The van der Waals surface area contributed by atoms with Gasteiger partial charge in [0.25, 0.3) is 5.91 Å². The first-order valence-electron chi connectivity index (χ1n) is 12.7. The monoisotopic (exact) mass is 513 g/mol. The van der Waals surface area contributed by atoms with Crippen LogP contribution in [-0.4, -0.2) is 31.0 Å². The Morgan fingerprint density at radius 1 is 0.974 bits per heavy atom. The Hall–Kier alpha value is -3.94. The Labute approximate surface area is 221 Å². The number of methoxy groups -OCH3 is 1. The number of benzene rings is 3. The molecule has 196 valence electrons. The number of hydrogen-bond donors (Lipinski definition) is 1. The average Bonchev–Trinajstić information content (AvgIpc) is 2.91. The first-order valence-corrected chi connectivity index (χ1v) is 12.7. The van der Waals surface area contributed by atoms with Crippen molar-refractivity contribution in [2.75, 3.05) is 12.4 Å². The molecule has 38 heavy (non-hydrogen) atoms. The Balaban J connectivity index is 1.32. The molecular formula is C31H31NO6. The maximum absolute atomic E-state index is 12.9. The molecule has 4 aromatic rings. The van der Waals surface area contributed by atoms with Crippen LogP contribution in [0.2, 0.25) is 0 Å². The van der Waals surface area contributed by atoms with E-state index in [1.54, 1.807) is 31.4 Å². The van der Waals surface area contributed by atoms with Gasteiger partial charge in [-0.25, -0.2) is 4.79 Å². The SMILES string of the molecule is COC1CCC(Oc2ccc3cc(NC(=O)c4ccc(-c5ccccc5)cc4)c(=O)oc3c2C)OC1(C)C. The lowest BCUT2D eigenvalue weighted by molar-refractivity contribution is -0.233. The second-order valence-corrected chi connectivity index (χ2v) is 10.0. The second kappa shape index (κ2) is 10.4. The van der Waals surface area contributed by atoms with Crippen LogP contribution < -0.4 is 15.7 Å². The summed E-state index contributed by atoms with van der Waals surface area (Å²) in [6.45, 7) is 5.80. The lowest BCUT2D eigenvalue weighted by atomic mass is 9.94. The van der Waals surface area contributed by atoms with Gasteiger partial charge < -0.3 is 23.9 Å². The molecule has 0 bridgehead atoms. The van der Waals surface area contributed by atoms with E-state index in [2.05, 4.69) is 5.32 Å². The third-order valence-electron chi connectivity index (χ3n) is 7.02. The standard InChI is InChI=1S/C31H31NO6/c1-19-25(36-27-17-16-26(35-4)31(2,3)38-27)15-14-23-18-24(30(34)37-28(19)23)32-29(33)22-12-10-21(11-13-22)20-8-6-5-7-9-20/h5-15,18,26-27H,16-17H2,1-4H3,(H,32,33). The van der Waals surface area contributed by atoms with Crippen LogP contribution in [0.15, 0.2) is 82.0 Å². The highest BCUT2D eigenvalue weighted by Crippen LogP contribution is 2.34. The first-order chi connectivity index (χ1) is 18.2. The number of carbonyl (C=O) groups excluding carboxylic acids is 1. The van der Waals surface area contributed by atoms with Crippen LogP contribution in [0.4, 0.5) is 5.69 Å².